The zero-order chi connectivity index (χ0) is 16.5. The second kappa shape index (κ2) is 5.19. The molecule has 0 aliphatic heterocycles. The van der Waals surface area contributed by atoms with Crippen LogP contribution in [-0.4, -0.2) is 16.9 Å². The number of aliphatic hydroxyl groups is 1. The summed E-state index contributed by atoms with van der Waals surface area (Å²) < 4.78 is 16.6. The molecular formula is C21H35FO. The minimum absolute atomic E-state index is 0.254. The Hall–Kier alpha value is -0.110. The van der Waals surface area contributed by atoms with Gasteiger partial charge in [-0.25, -0.2) is 4.39 Å². The molecule has 2 unspecified atom stereocenters. The van der Waals surface area contributed by atoms with Gasteiger partial charge in [0.1, 0.15) is 5.67 Å². The lowest BCUT2D eigenvalue weighted by Crippen LogP contribution is -2.63. The Labute approximate surface area is 141 Å². The molecule has 4 aliphatic rings. The van der Waals surface area contributed by atoms with Crippen molar-refractivity contribution in [2.24, 2.45) is 34.5 Å². The van der Waals surface area contributed by atoms with E-state index < -0.39 is 5.67 Å². The summed E-state index contributed by atoms with van der Waals surface area (Å²) in [5, 5.41) is 10.3. The normalized spacial score (nSPS) is 59.1. The van der Waals surface area contributed by atoms with Crippen LogP contribution in [0.25, 0.3) is 0 Å². The number of hydrogen-bond donors (Lipinski definition) is 1. The molecule has 0 spiro atoms. The first-order valence-electron chi connectivity index (χ1n) is 10.2. The van der Waals surface area contributed by atoms with E-state index in [2.05, 4.69) is 20.8 Å². The van der Waals surface area contributed by atoms with E-state index in [4.69, 9.17) is 0 Å². The molecule has 0 radical (unpaired) electrons. The SMILES string of the molecule is CC[C@H]1CC[C@H]2[C@@H]3CCC4CCC(O)C[C@]4(C)[C@@]3(F)CC[C@]12C. The molecule has 4 fully saturated rings. The lowest BCUT2D eigenvalue weighted by molar-refractivity contribution is -0.205. The van der Waals surface area contributed by atoms with Crippen LogP contribution in [0.4, 0.5) is 4.39 Å². The fraction of sp³-hybridized carbons (Fsp3) is 1.00. The van der Waals surface area contributed by atoms with E-state index in [1.165, 1.54) is 25.7 Å². The molecular weight excluding hydrogens is 287 g/mol. The molecule has 132 valence electrons. The smallest absolute Gasteiger partial charge is 0.119 e. The van der Waals surface area contributed by atoms with Gasteiger partial charge in [-0.2, -0.15) is 0 Å². The summed E-state index contributed by atoms with van der Waals surface area (Å²) in [5.74, 6) is 2.15. The largest absolute Gasteiger partial charge is 0.393 e. The van der Waals surface area contributed by atoms with E-state index in [0.29, 0.717) is 23.7 Å². The standard InChI is InChI=1S/C21H35FO/c1-4-14-6-9-17-18-10-7-15-5-8-16(23)13-20(15,3)21(18,22)12-11-19(14,17)2/h14-18,23H,4-13H2,1-3H3/t14-,15?,16?,17-,18-,19+,20-,21+/m0/s1. The number of aliphatic hydroxyl groups excluding tert-OH is 1. The van der Waals surface area contributed by atoms with Gasteiger partial charge < -0.3 is 5.11 Å². The number of fused-ring (bicyclic) bond motifs is 5. The molecule has 0 aromatic rings. The van der Waals surface area contributed by atoms with Crippen molar-refractivity contribution < 1.29 is 9.50 Å². The van der Waals surface area contributed by atoms with Crippen molar-refractivity contribution in [1.82, 2.24) is 0 Å². The Morgan fingerprint density at radius 2 is 1.65 bits per heavy atom. The maximum absolute atomic E-state index is 16.6. The van der Waals surface area contributed by atoms with Gasteiger partial charge in [0.05, 0.1) is 6.10 Å². The lowest BCUT2D eigenvalue weighted by atomic mass is 9.43. The van der Waals surface area contributed by atoms with Crippen molar-refractivity contribution in [3.63, 3.8) is 0 Å². The molecule has 4 aliphatic carbocycles. The van der Waals surface area contributed by atoms with Gasteiger partial charge in [-0.15, -0.1) is 0 Å². The summed E-state index contributed by atoms with van der Waals surface area (Å²) >= 11 is 0. The summed E-state index contributed by atoms with van der Waals surface area (Å²) in [5.41, 5.74) is -0.922. The number of alkyl halides is 1. The molecule has 2 heteroatoms. The van der Waals surface area contributed by atoms with Gasteiger partial charge in [-0.3, -0.25) is 0 Å². The Kier molecular flexibility index (Phi) is 3.69. The van der Waals surface area contributed by atoms with Crippen molar-refractivity contribution in [3.8, 4) is 0 Å². The van der Waals surface area contributed by atoms with Crippen LogP contribution in [0, 0.1) is 34.5 Å². The summed E-state index contributed by atoms with van der Waals surface area (Å²) in [6, 6.07) is 0. The van der Waals surface area contributed by atoms with Crippen molar-refractivity contribution in [3.05, 3.63) is 0 Å². The van der Waals surface area contributed by atoms with Crippen LogP contribution in [-0.2, 0) is 0 Å². The third-order valence-electron chi connectivity index (χ3n) is 9.38. The van der Waals surface area contributed by atoms with Crippen LogP contribution in [0.3, 0.4) is 0 Å². The topological polar surface area (TPSA) is 20.2 Å². The van der Waals surface area contributed by atoms with Crippen molar-refractivity contribution in [1.29, 1.82) is 0 Å². The van der Waals surface area contributed by atoms with Crippen molar-refractivity contribution in [2.75, 3.05) is 0 Å². The Morgan fingerprint density at radius 3 is 2.39 bits per heavy atom. The molecule has 0 heterocycles. The Bertz CT molecular complexity index is 478. The lowest BCUT2D eigenvalue weighted by Gasteiger charge is -2.64. The number of hydrogen-bond acceptors (Lipinski definition) is 1. The van der Waals surface area contributed by atoms with Gasteiger partial charge in [-0.05, 0) is 86.9 Å². The minimum Gasteiger partial charge on any atom is -0.393 e. The fourth-order valence-electron chi connectivity index (χ4n) is 7.98. The zero-order valence-corrected chi connectivity index (χ0v) is 15.3. The van der Waals surface area contributed by atoms with E-state index in [0.717, 1.165) is 38.0 Å². The third-order valence-corrected chi connectivity index (χ3v) is 9.38. The van der Waals surface area contributed by atoms with Gasteiger partial charge in [0.15, 0.2) is 0 Å². The van der Waals surface area contributed by atoms with Gasteiger partial charge in [0.25, 0.3) is 0 Å². The summed E-state index contributed by atoms with van der Waals surface area (Å²) in [7, 11) is 0. The molecule has 0 amide bonds. The Balaban J connectivity index is 1.69. The molecule has 0 aromatic heterocycles. The molecule has 1 N–H and O–H groups in total. The fourth-order valence-corrected chi connectivity index (χ4v) is 7.98. The second-order valence-electron chi connectivity index (χ2n) is 9.89. The molecule has 23 heavy (non-hydrogen) atoms. The monoisotopic (exact) mass is 322 g/mol. The predicted molar refractivity (Wildman–Crippen MR) is 91.9 cm³/mol. The minimum atomic E-state index is -1.02. The first-order valence-corrected chi connectivity index (χ1v) is 10.2. The predicted octanol–water partition coefficient (Wildman–Crippen LogP) is 5.51. The van der Waals surface area contributed by atoms with E-state index >= 15 is 4.39 Å². The number of halogens is 1. The van der Waals surface area contributed by atoms with Crippen LogP contribution >= 0.6 is 0 Å². The van der Waals surface area contributed by atoms with Crippen LogP contribution < -0.4 is 0 Å². The Morgan fingerprint density at radius 1 is 0.957 bits per heavy atom. The maximum Gasteiger partial charge on any atom is 0.119 e. The highest BCUT2D eigenvalue weighted by atomic mass is 19.1. The maximum atomic E-state index is 16.6. The van der Waals surface area contributed by atoms with E-state index in [1.807, 2.05) is 0 Å². The molecule has 0 bridgehead atoms. The molecule has 8 atom stereocenters. The highest BCUT2D eigenvalue weighted by Gasteiger charge is 2.67. The van der Waals surface area contributed by atoms with E-state index in [1.54, 1.807) is 0 Å². The molecule has 1 nitrogen and oxygen atoms in total. The summed E-state index contributed by atoms with van der Waals surface area (Å²) in [4.78, 5) is 0. The first-order chi connectivity index (χ1) is 10.8. The van der Waals surface area contributed by atoms with Crippen LogP contribution in [0.1, 0.15) is 85.0 Å². The third kappa shape index (κ3) is 1.99. The molecule has 4 saturated carbocycles. The highest BCUT2D eigenvalue weighted by molar-refractivity contribution is 5.16. The first kappa shape index (κ1) is 16.4. The average molecular weight is 323 g/mol. The van der Waals surface area contributed by atoms with E-state index in [9.17, 15) is 5.11 Å². The molecule has 0 aromatic carbocycles. The van der Waals surface area contributed by atoms with Gasteiger partial charge >= 0.3 is 0 Å². The van der Waals surface area contributed by atoms with Crippen LogP contribution in [0.15, 0.2) is 0 Å². The number of rotatable bonds is 1. The van der Waals surface area contributed by atoms with Gasteiger partial charge in [-0.1, -0.05) is 27.2 Å². The molecule has 0 saturated heterocycles. The quantitative estimate of drug-likeness (QED) is 0.675. The van der Waals surface area contributed by atoms with Gasteiger partial charge in [0.2, 0.25) is 0 Å². The average Bonchev–Trinajstić information content (AvgIpc) is 2.84. The summed E-state index contributed by atoms with van der Waals surface area (Å²) in [6.45, 7) is 7.00. The van der Waals surface area contributed by atoms with Crippen LogP contribution in [0.2, 0.25) is 0 Å². The zero-order valence-electron chi connectivity index (χ0n) is 15.3. The summed E-state index contributed by atoms with van der Waals surface area (Å²) in [6.07, 6.45) is 10.3. The van der Waals surface area contributed by atoms with Gasteiger partial charge in [0, 0.05) is 5.41 Å². The molecule has 4 rings (SSSR count). The van der Waals surface area contributed by atoms with Crippen molar-refractivity contribution in [2.45, 2.75) is 96.8 Å². The van der Waals surface area contributed by atoms with E-state index in [-0.39, 0.29) is 17.4 Å². The van der Waals surface area contributed by atoms with Crippen molar-refractivity contribution >= 4 is 0 Å². The highest BCUT2D eigenvalue weighted by Crippen LogP contribution is 2.70. The van der Waals surface area contributed by atoms with Crippen LogP contribution in [0.5, 0.6) is 0 Å². The second-order valence-corrected chi connectivity index (χ2v) is 9.89.